The number of phenols is 3. The monoisotopic (exact) mass is 2020 g/mol. The molecule has 0 radical (unpaired) electrons. The van der Waals surface area contributed by atoms with Crippen LogP contribution in [0.15, 0.2) is 97.8 Å². The maximum atomic E-state index is 15.1. The second kappa shape index (κ2) is 56.4. The first-order chi connectivity index (χ1) is 67.7. The van der Waals surface area contributed by atoms with Gasteiger partial charge in [-0.05, 0) is 135 Å². The summed E-state index contributed by atoms with van der Waals surface area (Å²) in [6, 6.07) is -6.12. The number of carbonyl (C=O) groups excluding carboxylic acids is 18. The van der Waals surface area contributed by atoms with Gasteiger partial charge >= 0.3 is 5.97 Å². The Hall–Kier alpha value is -14.3. The molecule has 782 valence electrons. The van der Waals surface area contributed by atoms with Crippen molar-refractivity contribution in [2.75, 3.05) is 38.5 Å². The number of nitrogens with one attached hydrogen (secondary N) is 17. The fourth-order valence-electron chi connectivity index (χ4n) is 16.0. The number of nitrogens with zero attached hydrogens (tertiary/aromatic N) is 4. The van der Waals surface area contributed by atoms with E-state index in [1.807, 2.05) is 0 Å². The zero-order valence-corrected chi connectivity index (χ0v) is 82.8. The molecule has 0 spiro atoms. The number of aromatic hydroxyl groups is 3. The number of rotatable bonds is 56. The third kappa shape index (κ3) is 36.3. The number of nitrogens with two attached hydrogens (primary N) is 2. The fraction of sp³-hybridized carbons (Fsp3) is 0.547. The molecule has 7 rings (SSSR count). The van der Waals surface area contributed by atoms with Crippen molar-refractivity contribution in [3.05, 3.63) is 126 Å². The Bertz CT molecular complexity index is 5190. The molecule has 18 amide bonds. The zero-order valence-electron chi connectivity index (χ0n) is 81.9. The predicted molar refractivity (Wildman–Crippen MR) is 519 cm³/mol. The van der Waals surface area contributed by atoms with Gasteiger partial charge in [0, 0.05) is 68.3 Å². The Morgan fingerprint density at radius 2 is 0.811 bits per heavy atom. The third-order valence-electron chi connectivity index (χ3n) is 24.4. The van der Waals surface area contributed by atoms with Crippen molar-refractivity contribution in [1.82, 2.24) is 109 Å². The van der Waals surface area contributed by atoms with Gasteiger partial charge < -0.3 is 137 Å². The van der Waals surface area contributed by atoms with Crippen LogP contribution < -0.4 is 91.2 Å². The molecule has 2 aliphatic rings. The van der Waals surface area contributed by atoms with Crippen molar-refractivity contribution in [3.63, 3.8) is 0 Å². The average Bonchev–Trinajstić information content (AvgIpc) is 1.70. The number of thiol groups is 1. The van der Waals surface area contributed by atoms with E-state index in [1.165, 1.54) is 102 Å². The number of imidazole rings is 2. The molecule has 2 fully saturated rings. The van der Waals surface area contributed by atoms with Gasteiger partial charge in [-0.15, -0.1) is 0 Å². The second-order valence-corrected chi connectivity index (χ2v) is 37.5. The van der Waals surface area contributed by atoms with Gasteiger partial charge in [0.25, 0.3) is 0 Å². The number of carboxylic acid groups (broad SMARTS) is 1. The number of amides is 18. The number of aliphatic carboxylic acids is 1. The summed E-state index contributed by atoms with van der Waals surface area (Å²) in [4.78, 5) is 283. The van der Waals surface area contributed by atoms with E-state index in [0.717, 1.165) is 0 Å². The van der Waals surface area contributed by atoms with Gasteiger partial charge in [0.15, 0.2) is 0 Å². The van der Waals surface area contributed by atoms with E-state index in [2.05, 4.69) is 112 Å². The molecular weight excluding hydrogens is 1880 g/mol. The molecular formula is C95H137N23O24S. The van der Waals surface area contributed by atoms with E-state index in [4.69, 9.17) is 11.5 Å². The van der Waals surface area contributed by atoms with E-state index < -0.39 is 253 Å². The number of carbonyl (C=O) groups is 19. The van der Waals surface area contributed by atoms with Crippen molar-refractivity contribution in [2.24, 2.45) is 41.1 Å². The summed E-state index contributed by atoms with van der Waals surface area (Å²) in [5.41, 5.74) is 13.8. The number of primary amides is 1. The largest absolute Gasteiger partial charge is 0.508 e. The van der Waals surface area contributed by atoms with Crippen molar-refractivity contribution in [1.29, 1.82) is 0 Å². The Morgan fingerprint density at radius 1 is 0.420 bits per heavy atom. The van der Waals surface area contributed by atoms with Gasteiger partial charge in [-0.3, -0.25) is 86.3 Å². The molecule has 0 aliphatic carbocycles. The number of aromatic amines is 2. The lowest BCUT2D eigenvalue weighted by Crippen LogP contribution is -2.62. The van der Waals surface area contributed by atoms with E-state index in [-0.39, 0.29) is 125 Å². The van der Waals surface area contributed by atoms with Crippen LogP contribution in [0.5, 0.6) is 17.2 Å². The molecule has 47 nitrogen and oxygen atoms in total. The van der Waals surface area contributed by atoms with E-state index in [0.29, 0.717) is 34.5 Å². The minimum Gasteiger partial charge on any atom is -0.508 e. The summed E-state index contributed by atoms with van der Waals surface area (Å²) >= 11 is 4.23. The Labute approximate surface area is 832 Å². The maximum absolute atomic E-state index is 15.1. The number of carboxylic acids is 1. The summed E-state index contributed by atoms with van der Waals surface area (Å²) in [5, 5.41) is 88.6. The van der Waals surface area contributed by atoms with Crippen molar-refractivity contribution in [2.45, 2.75) is 263 Å². The molecule has 143 heavy (non-hydrogen) atoms. The third-order valence-corrected chi connectivity index (χ3v) is 24.8. The summed E-state index contributed by atoms with van der Waals surface area (Å²) < 4.78 is 0. The van der Waals surface area contributed by atoms with Gasteiger partial charge in [0.2, 0.25) is 106 Å². The van der Waals surface area contributed by atoms with Crippen molar-refractivity contribution >= 4 is 125 Å². The number of aliphatic hydroxyl groups is 1. The van der Waals surface area contributed by atoms with Gasteiger partial charge in [-0.25, -0.2) is 14.8 Å². The molecule has 0 saturated carbocycles. The molecule has 5 aromatic rings. The molecule has 26 N–H and O–H groups in total. The van der Waals surface area contributed by atoms with E-state index in [9.17, 15) is 102 Å². The molecule has 4 heterocycles. The maximum Gasteiger partial charge on any atom is 0.326 e. The quantitative estimate of drug-likeness (QED) is 0.0167. The minimum atomic E-state index is -1.76. The van der Waals surface area contributed by atoms with Crippen LogP contribution in [-0.4, -0.2) is 303 Å². The zero-order chi connectivity index (χ0) is 106. The van der Waals surface area contributed by atoms with E-state index in [1.54, 1.807) is 81.4 Å². The van der Waals surface area contributed by atoms with Crippen LogP contribution >= 0.6 is 12.6 Å². The molecule has 0 bridgehead atoms. The number of hydrogen-bond acceptors (Lipinski definition) is 27. The fourth-order valence-corrected chi connectivity index (χ4v) is 16.2. The highest BCUT2D eigenvalue weighted by Crippen LogP contribution is 2.26. The van der Waals surface area contributed by atoms with Gasteiger partial charge in [0.1, 0.15) is 108 Å². The summed E-state index contributed by atoms with van der Waals surface area (Å²) in [7, 11) is 0. The highest BCUT2D eigenvalue weighted by molar-refractivity contribution is 7.80. The standard InChI is InChI=1S/C95H137N23O24S/c1-12-51(9)78(91(137)101-42-75(124)100-43-76(125)114-77(50(7)8)95(141)142)115-87(133)70(44-119)112-89(135)72-16-14-30-117(72)93(139)68(33-49(5)6)110-84(130)64(35-55-20-26-60(121)27-21-55)105-80(126)53(11)104-82(128)65(37-57-40-98-46-102-57)106-85(131)66(38-58-41-99-47-103-58)107-83(129)63(32-48(3)4)109-92(138)79(52(10)13-2)116-90(136)73-17-15-31-118(73)94(140)69(36-56-22-28-61(122)29-23-56)111-86(132)67(39-74(97)123)108-88(134)71(45-143)113-81(127)62(96)34-54-18-24-59(120)25-19-54/h18-29,40-41,46-53,62-73,77-79,119-122,143H,12-17,30-39,42-45,96H2,1-11H3,(H2,97,123)(H,98,102)(H,99,103)(H,100,124)(H,101,137)(H,104,128)(H,105,126)(H,106,131)(H,107,129)(H,108,134)(H,109,138)(H,110,130)(H,111,132)(H,112,135)(H,113,127)(H,114,125)(H,115,133)(H,116,136)(H,141,142)/t51-,52-,53-,62+,63-,64-,65-,66-,67-,68-,69-,70-,71-,72-,73-,77-,78-,79+/m0/s1. The highest BCUT2D eigenvalue weighted by Gasteiger charge is 2.45. The molecule has 2 saturated heterocycles. The first kappa shape index (κ1) is 116. The van der Waals surface area contributed by atoms with Crippen LogP contribution in [0.3, 0.4) is 0 Å². The molecule has 2 aliphatic heterocycles. The number of aliphatic hydroxyl groups excluding tert-OH is 1. The van der Waals surface area contributed by atoms with Gasteiger partial charge in [-0.1, -0.05) is 118 Å². The lowest BCUT2D eigenvalue weighted by molar-refractivity contribution is -0.143. The number of benzene rings is 3. The van der Waals surface area contributed by atoms with Crippen LogP contribution in [0.2, 0.25) is 0 Å². The number of likely N-dealkylation sites (tertiary alicyclic amines) is 2. The number of hydrogen-bond donors (Lipinski definition) is 25. The molecule has 2 aromatic heterocycles. The molecule has 0 unspecified atom stereocenters. The lowest BCUT2D eigenvalue weighted by atomic mass is 9.96. The topological polar surface area (TPSA) is 722 Å². The smallest absolute Gasteiger partial charge is 0.326 e. The molecule has 48 heteroatoms. The Morgan fingerprint density at radius 3 is 1.27 bits per heavy atom. The average molecular weight is 2020 g/mol. The predicted octanol–water partition coefficient (Wildman–Crippen LogP) is -3.65. The SMILES string of the molecule is CC[C@H](C)[C@H](NC(=O)[C@H](CO)NC(=O)[C@@H]1CCCN1C(=O)[C@H](CC(C)C)NC(=O)[C@H](Cc1ccc(O)cc1)NC(=O)[C@H](C)NC(=O)[C@H](Cc1cnc[nH]1)NC(=O)[C@H](Cc1cnc[nH]1)NC(=O)[C@H](CC(C)C)NC(=O)[C@H](NC(=O)[C@@H]1CCCN1C(=O)[C@H](Cc1ccc(O)cc1)NC(=O)[C@H](CC(N)=O)NC(=O)[C@H](CS)NC(=O)[C@H](N)Cc1ccc(O)cc1)[C@@H](C)CC)C(=O)NCC(=O)NCC(=O)N[C@H](C(=O)O)C(C)C. The van der Waals surface area contributed by atoms with Crippen LogP contribution in [-0.2, 0) is 123 Å². The number of phenolic OH excluding ortho intramolecular Hbond substituents is 3. The first-order valence-electron chi connectivity index (χ1n) is 47.6. The van der Waals surface area contributed by atoms with E-state index >= 15 is 14.4 Å². The first-order valence-corrected chi connectivity index (χ1v) is 48.2. The van der Waals surface area contributed by atoms with Crippen LogP contribution in [0.4, 0.5) is 0 Å². The number of aromatic nitrogens is 4. The number of H-pyrrole nitrogens is 2. The van der Waals surface area contributed by atoms with Crippen LogP contribution in [0.25, 0.3) is 0 Å². The Kier molecular flexibility index (Phi) is 45.6. The lowest BCUT2D eigenvalue weighted by Gasteiger charge is -2.32. The summed E-state index contributed by atoms with van der Waals surface area (Å²) in [6.07, 6.45) is 4.46. The van der Waals surface area contributed by atoms with Crippen LogP contribution in [0.1, 0.15) is 162 Å². The normalized spacial score (nSPS) is 16.8. The summed E-state index contributed by atoms with van der Waals surface area (Å²) in [5.74, 6) is -20.5. The van der Waals surface area contributed by atoms with Gasteiger partial charge in [0.05, 0.1) is 44.8 Å². The molecule has 18 atom stereocenters. The Balaban J connectivity index is 1.04. The van der Waals surface area contributed by atoms with Gasteiger partial charge in [-0.2, -0.15) is 12.6 Å². The highest BCUT2D eigenvalue weighted by atomic mass is 32.1. The van der Waals surface area contributed by atoms with Crippen LogP contribution in [0, 0.1) is 29.6 Å². The van der Waals surface area contributed by atoms with Crippen molar-refractivity contribution < 1.29 is 117 Å². The summed E-state index contributed by atoms with van der Waals surface area (Å²) in [6.45, 7) is 15.8. The molecule has 3 aromatic carbocycles. The minimum absolute atomic E-state index is 0.00135. The second-order valence-electron chi connectivity index (χ2n) is 37.1. The van der Waals surface area contributed by atoms with Crippen molar-refractivity contribution in [3.8, 4) is 17.2 Å².